The number of nitrogens with zero attached hydrogens (tertiary/aromatic N) is 1. The van der Waals surface area contributed by atoms with Gasteiger partial charge in [-0.3, -0.25) is 4.79 Å². The molecule has 8 heteroatoms. The highest BCUT2D eigenvalue weighted by atomic mass is 35.5. The van der Waals surface area contributed by atoms with Gasteiger partial charge in [0, 0.05) is 28.6 Å². The number of carbonyl (C=O) groups is 1. The monoisotopic (exact) mass is 407 g/mol. The Labute approximate surface area is 163 Å². The van der Waals surface area contributed by atoms with E-state index in [0.717, 1.165) is 27.8 Å². The summed E-state index contributed by atoms with van der Waals surface area (Å²) in [6.07, 6.45) is 0.777. The van der Waals surface area contributed by atoms with Gasteiger partial charge >= 0.3 is 0 Å². The third-order valence-electron chi connectivity index (χ3n) is 3.06. The van der Waals surface area contributed by atoms with Crippen molar-refractivity contribution in [3.05, 3.63) is 45.9 Å². The molecule has 0 spiro atoms. The van der Waals surface area contributed by atoms with Crippen LogP contribution in [-0.4, -0.2) is 23.5 Å². The van der Waals surface area contributed by atoms with Crippen molar-refractivity contribution in [1.29, 1.82) is 0 Å². The van der Waals surface area contributed by atoms with Gasteiger partial charge in [-0.2, -0.15) is 0 Å². The highest BCUT2D eigenvalue weighted by Crippen LogP contribution is 2.26. The second-order valence-corrected chi connectivity index (χ2v) is 7.24. The first-order valence-corrected chi connectivity index (χ1v) is 9.09. The minimum atomic E-state index is -0.0433. The van der Waals surface area contributed by atoms with Gasteiger partial charge in [0.15, 0.2) is 0 Å². The van der Waals surface area contributed by atoms with Crippen LogP contribution in [0.2, 0.25) is 0 Å². The van der Waals surface area contributed by atoms with E-state index in [9.17, 15) is 4.79 Å². The van der Waals surface area contributed by atoms with Gasteiger partial charge in [0.25, 0.3) is 5.91 Å². The fourth-order valence-corrected chi connectivity index (χ4v) is 3.58. The highest BCUT2D eigenvalue weighted by Gasteiger charge is 2.11. The molecule has 1 heterocycles. The quantitative estimate of drug-likeness (QED) is 0.678. The number of aromatic nitrogens is 1. The predicted octanol–water partition coefficient (Wildman–Crippen LogP) is 4.05. The van der Waals surface area contributed by atoms with Crippen LogP contribution in [-0.2, 0) is 5.75 Å². The number of rotatable bonds is 7. The number of nitrogens with one attached hydrogen (secondary N) is 1. The first kappa shape index (κ1) is 23.2. The van der Waals surface area contributed by atoms with Crippen LogP contribution in [0.1, 0.15) is 34.4 Å². The van der Waals surface area contributed by atoms with Crippen molar-refractivity contribution in [1.82, 2.24) is 10.3 Å². The summed E-state index contributed by atoms with van der Waals surface area (Å²) >= 11 is 3.29. The van der Waals surface area contributed by atoms with Gasteiger partial charge in [0.05, 0.1) is 16.3 Å². The van der Waals surface area contributed by atoms with Crippen LogP contribution in [0, 0.1) is 6.92 Å². The molecule has 0 saturated carbocycles. The average molecular weight is 408 g/mol. The van der Waals surface area contributed by atoms with E-state index in [1.807, 2.05) is 38.1 Å². The van der Waals surface area contributed by atoms with Crippen molar-refractivity contribution in [3.63, 3.8) is 0 Å². The van der Waals surface area contributed by atoms with E-state index in [2.05, 4.69) is 15.7 Å². The number of amides is 1. The van der Waals surface area contributed by atoms with E-state index < -0.39 is 0 Å². The van der Waals surface area contributed by atoms with Gasteiger partial charge in [-0.25, -0.2) is 4.98 Å². The van der Waals surface area contributed by atoms with Crippen molar-refractivity contribution >= 4 is 53.8 Å². The van der Waals surface area contributed by atoms with Gasteiger partial charge < -0.3 is 11.1 Å². The number of hydrogen-bond acceptors (Lipinski definition) is 5. The molecule has 0 radical (unpaired) electrons. The molecule has 1 aromatic carbocycles. The van der Waals surface area contributed by atoms with Gasteiger partial charge in [-0.1, -0.05) is 12.1 Å². The van der Waals surface area contributed by atoms with Crippen LogP contribution < -0.4 is 11.1 Å². The van der Waals surface area contributed by atoms with E-state index in [-0.39, 0.29) is 36.8 Å². The van der Waals surface area contributed by atoms with Crippen LogP contribution in [0.3, 0.4) is 0 Å². The Morgan fingerprint density at radius 3 is 2.71 bits per heavy atom. The number of thioether (sulfide) groups is 1. The summed E-state index contributed by atoms with van der Waals surface area (Å²) in [5, 5.41) is 6.06. The van der Waals surface area contributed by atoms with Crippen molar-refractivity contribution in [2.75, 3.05) is 6.54 Å². The van der Waals surface area contributed by atoms with E-state index in [4.69, 9.17) is 5.73 Å². The molecule has 4 nitrogen and oxygen atoms in total. The zero-order valence-electron chi connectivity index (χ0n) is 13.7. The summed E-state index contributed by atoms with van der Waals surface area (Å²) in [5.41, 5.74) is 7.47. The molecule has 0 aliphatic carbocycles. The molecule has 2 aromatic rings. The fraction of sp³-hybridized carbons (Fsp3) is 0.375. The summed E-state index contributed by atoms with van der Waals surface area (Å²) in [6.45, 7) is 4.53. The normalized spacial score (nSPS) is 11.1. The molecule has 0 aliphatic rings. The minimum absolute atomic E-state index is 0. The third kappa shape index (κ3) is 7.40. The van der Waals surface area contributed by atoms with Crippen LogP contribution in [0.25, 0.3) is 0 Å². The van der Waals surface area contributed by atoms with E-state index in [1.54, 1.807) is 23.1 Å². The molecule has 0 bridgehead atoms. The largest absolute Gasteiger partial charge is 0.352 e. The van der Waals surface area contributed by atoms with Crippen LogP contribution in [0.5, 0.6) is 0 Å². The second kappa shape index (κ2) is 11.7. The lowest BCUT2D eigenvalue weighted by atomic mass is 10.2. The zero-order valence-corrected chi connectivity index (χ0v) is 16.9. The number of aryl methyl sites for hydroxylation is 1. The van der Waals surface area contributed by atoms with Gasteiger partial charge in [0.2, 0.25) is 0 Å². The van der Waals surface area contributed by atoms with Gasteiger partial charge in [-0.15, -0.1) is 47.9 Å². The smallest absolute Gasteiger partial charge is 0.252 e. The van der Waals surface area contributed by atoms with Crippen LogP contribution >= 0.6 is 47.9 Å². The molecule has 0 fully saturated rings. The number of hydrogen-bond donors (Lipinski definition) is 2. The Morgan fingerprint density at radius 1 is 1.38 bits per heavy atom. The number of nitrogens with two attached hydrogens (primary N) is 1. The molecular weight excluding hydrogens is 385 g/mol. The number of carbonyl (C=O) groups excluding carboxylic acids is 1. The van der Waals surface area contributed by atoms with E-state index >= 15 is 0 Å². The molecule has 1 amide bonds. The lowest BCUT2D eigenvalue weighted by Crippen LogP contribution is -2.29. The molecule has 0 saturated heterocycles. The Kier molecular flexibility index (Phi) is 11.3. The molecular formula is C16H23Cl2N3OS2. The van der Waals surface area contributed by atoms with Gasteiger partial charge in [0.1, 0.15) is 0 Å². The molecule has 24 heavy (non-hydrogen) atoms. The van der Waals surface area contributed by atoms with E-state index in [1.165, 1.54) is 0 Å². The van der Waals surface area contributed by atoms with Crippen LogP contribution in [0.15, 0.2) is 34.5 Å². The molecule has 3 N–H and O–H groups in total. The Balaban J connectivity index is 0.00000264. The summed E-state index contributed by atoms with van der Waals surface area (Å²) in [7, 11) is 0. The van der Waals surface area contributed by atoms with E-state index in [0.29, 0.717) is 12.1 Å². The SMILES string of the molecule is Cc1nc(CSc2ccccc2C(=O)NCCC(C)N)cs1.Cl.Cl. The van der Waals surface area contributed by atoms with Crippen molar-refractivity contribution < 1.29 is 4.79 Å². The Bertz CT molecular complexity index is 635. The maximum Gasteiger partial charge on any atom is 0.252 e. The zero-order chi connectivity index (χ0) is 15.9. The Hall–Kier alpha value is -0.790. The third-order valence-corrected chi connectivity index (χ3v) is 4.99. The standard InChI is InChI=1S/C16H21N3OS2.2ClH/c1-11(17)7-8-18-16(20)14-5-3-4-6-15(14)22-10-13-9-21-12(2)19-13;;/h3-6,9,11H,7-8,10,17H2,1-2H3,(H,18,20);2*1H. The molecule has 1 aromatic heterocycles. The summed E-state index contributed by atoms with van der Waals surface area (Å²) in [6, 6.07) is 7.77. The topological polar surface area (TPSA) is 68.0 Å². The summed E-state index contributed by atoms with van der Waals surface area (Å²) in [4.78, 5) is 17.7. The van der Waals surface area contributed by atoms with Crippen LogP contribution in [0.4, 0.5) is 0 Å². The minimum Gasteiger partial charge on any atom is -0.352 e. The highest BCUT2D eigenvalue weighted by molar-refractivity contribution is 7.98. The molecule has 0 aliphatic heterocycles. The van der Waals surface area contributed by atoms with Crippen molar-refractivity contribution in [3.8, 4) is 0 Å². The summed E-state index contributed by atoms with van der Waals surface area (Å²) in [5.74, 6) is 0.729. The molecule has 134 valence electrons. The Morgan fingerprint density at radius 2 is 2.08 bits per heavy atom. The fourth-order valence-electron chi connectivity index (χ4n) is 1.91. The lowest BCUT2D eigenvalue weighted by Gasteiger charge is -2.10. The number of benzene rings is 1. The lowest BCUT2D eigenvalue weighted by molar-refractivity contribution is 0.0950. The first-order valence-electron chi connectivity index (χ1n) is 7.23. The predicted molar refractivity (Wildman–Crippen MR) is 108 cm³/mol. The first-order chi connectivity index (χ1) is 10.6. The van der Waals surface area contributed by atoms with Crippen molar-refractivity contribution in [2.45, 2.75) is 37.0 Å². The number of thiazole rings is 1. The maximum atomic E-state index is 12.3. The average Bonchev–Trinajstić information content (AvgIpc) is 2.90. The summed E-state index contributed by atoms with van der Waals surface area (Å²) < 4.78 is 0. The van der Waals surface area contributed by atoms with Gasteiger partial charge in [-0.05, 0) is 32.4 Å². The maximum absolute atomic E-state index is 12.3. The molecule has 2 rings (SSSR count). The second-order valence-electron chi connectivity index (χ2n) is 5.16. The molecule has 1 unspecified atom stereocenters. The number of halogens is 2. The van der Waals surface area contributed by atoms with Crippen molar-refractivity contribution in [2.24, 2.45) is 5.73 Å². The molecule has 1 atom stereocenters.